The minimum atomic E-state index is -0.0677. The van der Waals surface area contributed by atoms with Gasteiger partial charge < -0.3 is 9.88 Å². The second-order valence-corrected chi connectivity index (χ2v) is 5.67. The topological polar surface area (TPSA) is 46.9 Å². The minimum Gasteiger partial charge on any atom is -0.365 e. The maximum atomic E-state index is 11.8. The number of anilines is 1. The molecule has 0 saturated heterocycles. The maximum absolute atomic E-state index is 11.8. The van der Waals surface area contributed by atoms with Gasteiger partial charge in [-0.3, -0.25) is 4.79 Å². The minimum absolute atomic E-state index is 0.0677. The lowest BCUT2D eigenvalue weighted by atomic mass is 9.87. The van der Waals surface area contributed by atoms with Crippen LogP contribution in [0.1, 0.15) is 46.5 Å². The van der Waals surface area contributed by atoms with Crippen molar-refractivity contribution in [1.29, 1.82) is 0 Å². The summed E-state index contributed by atoms with van der Waals surface area (Å²) in [6.07, 6.45) is 8.24. The van der Waals surface area contributed by atoms with Crippen LogP contribution in [0.2, 0.25) is 0 Å². The average Bonchev–Trinajstić information content (AvgIpc) is 2.31. The highest BCUT2D eigenvalue weighted by Gasteiger charge is 2.17. The summed E-state index contributed by atoms with van der Waals surface area (Å²) >= 11 is 0. The van der Waals surface area contributed by atoms with Gasteiger partial charge in [0.15, 0.2) is 5.82 Å². The first-order valence-electron chi connectivity index (χ1n) is 6.72. The fraction of sp³-hybridized carbons (Fsp3) is 0.714. The van der Waals surface area contributed by atoms with Crippen molar-refractivity contribution in [3.63, 3.8) is 0 Å². The zero-order chi connectivity index (χ0) is 13.6. The molecule has 4 heteroatoms. The van der Waals surface area contributed by atoms with Gasteiger partial charge in [-0.1, -0.05) is 40.0 Å². The van der Waals surface area contributed by atoms with Crippen molar-refractivity contribution in [2.45, 2.75) is 46.5 Å². The van der Waals surface area contributed by atoms with E-state index in [1.165, 1.54) is 25.7 Å². The third kappa shape index (κ3) is 4.51. The summed E-state index contributed by atoms with van der Waals surface area (Å²) in [5.74, 6) is 0.448. The van der Waals surface area contributed by atoms with Crippen LogP contribution >= 0.6 is 0 Å². The Bertz CT molecular complexity index is 423. The van der Waals surface area contributed by atoms with Crippen molar-refractivity contribution in [1.82, 2.24) is 9.55 Å². The highest BCUT2D eigenvalue weighted by atomic mass is 16.1. The fourth-order valence-corrected chi connectivity index (χ4v) is 1.88. The molecular weight excluding hydrogens is 226 g/mol. The molecule has 0 aliphatic heterocycles. The summed E-state index contributed by atoms with van der Waals surface area (Å²) in [5.41, 5.74) is 0.124. The first-order chi connectivity index (χ1) is 8.46. The van der Waals surface area contributed by atoms with Crippen molar-refractivity contribution in [3.05, 3.63) is 22.7 Å². The molecule has 0 radical (unpaired) electrons. The molecule has 1 N–H and O–H groups in total. The van der Waals surface area contributed by atoms with E-state index in [1.54, 1.807) is 24.0 Å². The molecule has 1 aromatic heterocycles. The van der Waals surface area contributed by atoms with Crippen molar-refractivity contribution in [3.8, 4) is 0 Å². The van der Waals surface area contributed by atoms with Gasteiger partial charge in [0.1, 0.15) is 0 Å². The third-order valence-electron chi connectivity index (χ3n) is 3.21. The van der Waals surface area contributed by atoms with Gasteiger partial charge in [0.25, 0.3) is 5.56 Å². The lowest BCUT2D eigenvalue weighted by molar-refractivity contribution is 0.342. The highest BCUT2D eigenvalue weighted by Crippen LogP contribution is 2.23. The molecule has 18 heavy (non-hydrogen) atoms. The van der Waals surface area contributed by atoms with Crippen LogP contribution in [0.3, 0.4) is 0 Å². The van der Waals surface area contributed by atoms with Crippen LogP contribution in [0.5, 0.6) is 0 Å². The van der Waals surface area contributed by atoms with E-state index in [0.29, 0.717) is 5.82 Å². The number of aromatic nitrogens is 2. The Morgan fingerprint density at radius 3 is 2.78 bits per heavy atom. The van der Waals surface area contributed by atoms with Gasteiger partial charge in [0.05, 0.1) is 0 Å². The molecule has 1 heterocycles. The number of nitrogens with one attached hydrogen (secondary N) is 1. The molecular formula is C14H25N3O. The molecule has 1 rings (SSSR count). The predicted molar refractivity (Wildman–Crippen MR) is 75.9 cm³/mol. The van der Waals surface area contributed by atoms with E-state index < -0.39 is 0 Å². The molecule has 4 nitrogen and oxygen atoms in total. The molecule has 1 aromatic rings. The Kier molecular flexibility index (Phi) is 5.38. The molecule has 0 atom stereocenters. The number of unbranched alkanes of at least 4 members (excludes halogenated alkanes) is 2. The van der Waals surface area contributed by atoms with Crippen LogP contribution in [0.15, 0.2) is 17.2 Å². The van der Waals surface area contributed by atoms with E-state index >= 15 is 0 Å². The van der Waals surface area contributed by atoms with Crippen molar-refractivity contribution >= 4 is 5.82 Å². The average molecular weight is 251 g/mol. The Morgan fingerprint density at radius 1 is 1.39 bits per heavy atom. The molecule has 0 fully saturated rings. The molecule has 0 bridgehead atoms. The second-order valence-electron chi connectivity index (χ2n) is 5.67. The first kappa shape index (κ1) is 14.7. The van der Waals surface area contributed by atoms with Crippen molar-refractivity contribution in [2.75, 3.05) is 11.9 Å². The SMILES string of the molecule is CCCCCC(C)(C)CNc1nccn(C)c1=O. The zero-order valence-electron chi connectivity index (χ0n) is 12.0. The van der Waals surface area contributed by atoms with Gasteiger partial charge in [0, 0.05) is 26.0 Å². The fourth-order valence-electron chi connectivity index (χ4n) is 1.88. The summed E-state index contributed by atoms with van der Waals surface area (Å²) in [6.45, 7) is 7.44. The molecule has 0 unspecified atom stereocenters. The second kappa shape index (κ2) is 6.57. The maximum Gasteiger partial charge on any atom is 0.293 e. The molecule has 0 aromatic carbocycles. The summed E-state index contributed by atoms with van der Waals surface area (Å²) < 4.78 is 1.54. The number of aryl methyl sites for hydroxylation is 1. The molecule has 0 aliphatic rings. The number of hydrogen-bond donors (Lipinski definition) is 1. The standard InChI is InChI=1S/C14H25N3O/c1-5-6-7-8-14(2,3)11-16-12-13(18)17(4)10-9-15-12/h9-10H,5-8,11H2,1-4H3,(H,15,16). The van der Waals surface area contributed by atoms with Crippen LogP contribution in [0.4, 0.5) is 5.82 Å². The van der Waals surface area contributed by atoms with E-state index in [-0.39, 0.29) is 11.0 Å². The summed E-state index contributed by atoms with van der Waals surface area (Å²) in [4.78, 5) is 15.9. The molecule has 0 saturated carbocycles. The van der Waals surface area contributed by atoms with Crippen LogP contribution in [-0.2, 0) is 7.05 Å². The van der Waals surface area contributed by atoms with E-state index in [0.717, 1.165) is 6.54 Å². The van der Waals surface area contributed by atoms with Crippen molar-refractivity contribution in [2.24, 2.45) is 12.5 Å². The molecule has 0 spiro atoms. The highest BCUT2D eigenvalue weighted by molar-refractivity contribution is 5.30. The van der Waals surface area contributed by atoms with E-state index in [2.05, 4.69) is 31.1 Å². The lowest BCUT2D eigenvalue weighted by Crippen LogP contribution is -2.28. The van der Waals surface area contributed by atoms with Gasteiger partial charge in [-0.15, -0.1) is 0 Å². The largest absolute Gasteiger partial charge is 0.365 e. The Balaban J connectivity index is 2.53. The Labute approximate surface area is 109 Å². The summed E-state index contributed by atoms with van der Waals surface area (Å²) in [6, 6.07) is 0. The molecule has 0 amide bonds. The normalized spacial score (nSPS) is 11.6. The number of hydrogen-bond acceptors (Lipinski definition) is 3. The van der Waals surface area contributed by atoms with Crippen LogP contribution in [-0.4, -0.2) is 16.1 Å². The van der Waals surface area contributed by atoms with Crippen LogP contribution in [0, 0.1) is 5.41 Å². The molecule has 0 aliphatic carbocycles. The van der Waals surface area contributed by atoms with E-state index in [4.69, 9.17) is 0 Å². The monoisotopic (exact) mass is 251 g/mol. The number of rotatable bonds is 7. The quantitative estimate of drug-likeness (QED) is 0.758. The van der Waals surface area contributed by atoms with Crippen LogP contribution in [0.25, 0.3) is 0 Å². The van der Waals surface area contributed by atoms with Gasteiger partial charge in [-0.05, 0) is 11.8 Å². The Hall–Kier alpha value is -1.32. The van der Waals surface area contributed by atoms with E-state index in [9.17, 15) is 4.79 Å². The van der Waals surface area contributed by atoms with Gasteiger partial charge in [-0.2, -0.15) is 0 Å². The summed E-state index contributed by atoms with van der Waals surface area (Å²) in [7, 11) is 1.74. The van der Waals surface area contributed by atoms with Gasteiger partial charge in [0.2, 0.25) is 0 Å². The van der Waals surface area contributed by atoms with Gasteiger partial charge >= 0.3 is 0 Å². The zero-order valence-corrected chi connectivity index (χ0v) is 12.0. The van der Waals surface area contributed by atoms with Crippen LogP contribution < -0.4 is 10.9 Å². The van der Waals surface area contributed by atoms with Crippen molar-refractivity contribution < 1.29 is 0 Å². The van der Waals surface area contributed by atoms with E-state index in [1.807, 2.05) is 0 Å². The first-order valence-corrected chi connectivity index (χ1v) is 6.72. The lowest BCUT2D eigenvalue weighted by Gasteiger charge is -2.25. The Morgan fingerprint density at radius 2 is 2.11 bits per heavy atom. The molecule has 102 valence electrons. The third-order valence-corrected chi connectivity index (χ3v) is 3.21. The number of nitrogens with zero attached hydrogens (tertiary/aromatic N) is 2. The smallest absolute Gasteiger partial charge is 0.293 e. The summed E-state index contributed by atoms with van der Waals surface area (Å²) in [5, 5.41) is 3.18. The predicted octanol–water partition coefficient (Wildman–Crippen LogP) is 2.80. The van der Waals surface area contributed by atoms with Gasteiger partial charge in [-0.25, -0.2) is 4.98 Å².